The van der Waals surface area contributed by atoms with Crippen LogP contribution in [0.1, 0.15) is 34.3 Å². The lowest BCUT2D eigenvalue weighted by Crippen LogP contribution is -2.43. The van der Waals surface area contributed by atoms with Gasteiger partial charge in [-0.2, -0.15) is 0 Å². The summed E-state index contributed by atoms with van der Waals surface area (Å²) in [5.41, 5.74) is 3.09. The number of benzene rings is 2. The number of rotatable bonds is 6. The topological polar surface area (TPSA) is 41.6 Å². The highest BCUT2D eigenvalue weighted by molar-refractivity contribution is 9.10. The maximum Gasteiger partial charge on any atom is 0.253 e. The lowest BCUT2D eigenvalue weighted by molar-refractivity contribution is 0.0564. The summed E-state index contributed by atoms with van der Waals surface area (Å²) in [5.74, 6) is -0.00309. The van der Waals surface area contributed by atoms with Gasteiger partial charge >= 0.3 is 0 Å². The van der Waals surface area contributed by atoms with E-state index in [1.165, 1.54) is 5.56 Å². The zero-order valence-electron chi connectivity index (χ0n) is 16.0. The third-order valence-electron chi connectivity index (χ3n) is 5.20. The van der Waals surface area contributed by atoms with E-state index >= 15 is 0 Å². The maximum absolute atomic E-state index is 12.3. The molecule has 1 saturated heterocycles. The molecule has 0 aliphatic carbocycles. The second kappa shape index (κ2) is 9.00. The van der Waals surface area contributed by atoms with Crippen LogP contribution in [0.5, 0.6) is 0 Å². The van der Waals surface area contributed by atoms with Crippen molar-refractivity contribution < 1.29 is 9.53 Å². The van der Waals surface area contributed by atoms with Crippen LogP contribution in [0.2, 0.25) is 0 Å². The molecule has 1 aliphatic heterocycles. The van der Waals surface area contributed by atoms with Crippen molar-refractivity contribution in [2.45, 2.75) is 24.9 Å². The number of piperidine rings is 1. The highest BCUT2D eigenvalue weighted by Gasteiger charge is 2.34. The Balaban J connectivity index is 1.71. The second-order valence-electron chi connectivity index (χ2n) is 7.44. The molecule has 27 heavy (non-hydrogen) atoms. The quantitative estimate of drug-likeness (QED) is 0.752. The number of nitrogens with one attached hydrogen (secondary N) is 1. The fourth-order valence-electron chi connectivity index (χ4n) is 3.69. The number of nitrogens with zero attached hydrogens (tertiary/aromatic N) is 1. The van der Waals surface area contributed by atoms with Gasteiger partial charge in [0.2, 0.25) is 0 Å². The van der Waals surface area contributed by atoms with Crippen LogP contribution in [0.15, 0.2) is 53.0 Å². The number of halogens is 1. The summed E-state index contributed by atoms with van der Waals surface area (Å²) in [4.78, 5) is 13.9. The van der Waals surface area contributed by atoms with Crippen molar-refractivity contribution in [3.05, 3.63) is 69.7 Å². The van der Waals surface area contributed by atoms with Crippen molar-refractivity contribution in [1.82, 2.24) is 10.2 Å². The van der Waals surface area contributed by atoms with Crippen LogP contribution in [-0.4, -0.2) is 44.6 Å². The van der Waals surface area contributed by atoms with Crippen molar-refractivity contribution >= 4 is 21.8 Å². The molecule has 2 aromatic carbocycles. The van der Waals surface area contributed by atoms with Gasteiger partial charge < -0.3 is 15.0 Å². The van der Waals surface area contributed by atoms with E-state index in [2.05, 4.69) is 51.6 Å². The predicted octanol–water partition coefficient (Wildman–Crippen LogP) is 3.99. The minimum Gasteiger partial charge on any atom is -0.376 e. The molecular formula is C22H27BrN2O2. The largest absolute Gasteiger partial charge is 0.376 e. The standard InChI is InChI=1S/C22H27BrN2O2/c1-25(2)21(26)18-12-17(13-20(23)14-18)15-27-16-22(8-10-24-11-9-22)19-6-4-3-5-7-19/h3-7,12-14,24H,8-11,15-16H2,1-2H3. The van der Waals surface area contributed by atoms with E-state index in [1.54, 1.807) is 19.0 Å². The van der Waals surface area contributed by atoms with Gasteiger partial charge in [0.1, 0.15) is 0 Å². The average Bonchev–Trinajstić information content (AvgIpc) is 2.68. The SMILES string of the molecule is CN(C)C(=O)c1cc(Br)cc(COCC2(c3ccccc3)CCNCC2)c1. The molecule has 0 radical (unpaired) electrons. The Morgan fingerprint density at radius 3 is 2.52 bits per heavy atom. The molecule has 3 rings (SSSR count). The maximum atomic E-state index is 12.3. The predicted molar refractivity (Wildman–Crippen MR) is 112 cm³/mol. The van der Waals surface area contributed by atoms with E-state index in [0.717, 1.165) is 36.0 Å². The molecule has 0 aromatic heterocycles. The van der Waals surface area contributed by atoms with Gasteiger partial charge in [-0.15, -0.1) is 0 Å². The first kappa shape index (κ1) is 20.1. The van der Waals surface area contributed by atoms with Gasteiger partial charge in [-0.1, -0.05) is 46.3 Å². The normalized spacial score (nSPS) is 16.1. The molecular weight excluding hydrogens is 404 g/mol. The van der Waals surface area contributed by atoms with Crippen molar-refractivity contribution in [2.24, 2.45) is 0 Å². The van der Waals surface area contributed by atoms with Gasteiger partial charge in [0.05, 0.1) is 13.2 Å². The van der Waals surface area contributed by atoms with Crippen LogP contribution in [0.3, 0.4) is 0 Å². The van der Waals surface area contributed by atoms with Crippen LogP contribution in [-0.2, 0) is 16.8 Å². The molecule has 4 nitrogen and oxygen atoms in total. The van der Waals surface area contributed by atoms with Crippen molar-refractivity contribution in [3.8, 4) is 0 Å². The lowest BCUT2D eigenvalue weighted by atomic mass is 9.74. The van der Waals surface area contributed by atoms with E-state index in [9.17, 15) is 4.79 Å². The monoisotopic (exact) mass is 430 g/mol. The zero-order valence-corrected chi connectivity index (χ0v) is 17.6. The van der Waals surface area contributed by atoms with Gasteiger partial charge in [-0.25, -0.2) is 0 Å². The average molecular weight is 431 g/mol. The molecule has 0 bridgehead atoms. The fraction of sp³-hybridized carbons (Fsp3) is 0.409. The summed E-state index contributed by atoms with van der Waals surface area (Å²) < 4.78 is 7.09. The lowest BCUT2D eigenvalue weighted by Gasteiger charge is -2.38. The summed E-state index contributed by atoms with van der Waals surface area (Å²) in [5, 5.41) is 3.45. The van der Waals surface area contributed by atoms with Crippen LogP contribution >= 0.6 is 15.9 Å². The zero-order chi connectivity index (χ0) is 19.3. The molecule has 5 heteroatoms. The molecule has 0 unspecified atom stereocenters. The molecule has 0 saturated carbocycles. The van der Waals surface area contributed by atoms with Crippen LogP contribution < -0.4 is 5.32 Å². The first-order chi connectivity index (χ1) is 13.0. The molecule has 1 amide bonds. The number of hydrogen-bond donors (Lipinski definition) is 1. The van der Waals surface area contributed by atoms with Crippen LogP contribution in [0.4, 0.5) is 0 Å². The summed E-state index contributed by atoms with van der Waals surface area (Å²) in [7, 11) is 3.53. The molecule has 1 fully saturated rings. The van der Waals surface area contributed by atoms with Crippen molar-refractivity contribution in [1.29, 1.82) is 0 Å². The van der Waals surface area contributed by atoms with E-state index in [-0.39, 0.29) is 11.3 Å². The number of carbonyl (C=O) groups is 1. The Hall–Kier alpha value is -1.69. The summed E-state index contributed by atoms with van der Waals surface area (Å²) in [6.45, 7) is 3.20. The summed E-state index contributed by atoms with van der Waals surface area (Å²) >= 11 is 3.51. The Bertz CT molecular complexity index is 771. The van der Waals surface area contributed by atoms with Gasteiger partial charge in [-0.3, -0.25) is 4.79 Å². The number of ether oxygens (including phenoxy) is 1. The number of amides is 1. The fourth-order valence-corrected chi connectivity index (χ4v) is 4.23. The smallest absolute Gasteiger partial charge is 0.253 e. The van der Waals surface area contributed by atoms with Gasteiger partial charge in [0.15, 0.2) is 0 Å². The molecule has 1 aliphatic rings. The minimum atomic E-state index is -0.00309. The molecule has 0 atom stereocenters. The second-order valence-corrected chi connectivity index (χ2v) is 8.35. The molecule has 144 valence electrons. The van der Waals surface area contributed by atoms with Gasteiger partial charge in [-0.05, 0) is 55.3 Å². The Kier molecular flexibility index (Phi) is 6.68. The van der Waals surface area contributed by atoms with Crippen molar-refractivity contribution in [3.63, 3.8) is 0 Å². The van der Waals surface area contributed by atoms with E-state index in [1.807, 2.05) is 18.2 Å². The first-order valence-corrected chi connectivity index (χ1v) is 10.1. The summed E-state index contributed by atoms with van der Waals surface area (Å²) in [6, 6.07) is 16.5. The van der Waals surface area contributed by atoms with E-state index in [0.29, 0.717) is 18.8 Å². The highest BCUT2D eigenvalue weighted by atomic mass is 79.9. The van der Waals surface area contributed by atoms with Gasteiger partial charge in [0.25, 0.3) is 5.91 Å². The summed E-state index contributed by atoms with van der Waals surface area (Å²) in [6.07, 6.45) is 2.14. The third-order valence-corrected chi connectivity index (χ3v) is 5.66. The number of hydrogen-bond acceptors (Lipinski definition) is 3. The van der Waals surface area contributed by atoms with Crippen LogP contribution in [0.25, 0.3) is 0 Å². The first-order valence-electron chi connectivity index (χ1n) is 9.35. The third kappa shape index (κ3) is 4.98. The minimum absolute atomic E-state index is 0.00309. The molecule has 2 aromatic rings. The van der Waals surface area contributed by atoms with E-state index < -0.39 is 0 Å². The van der Waals surface area contributed by atoms with Crippen molar-refractivity contribution in [2.75, 3.05) is 33.8 Å². The Labute approximate surface area is 170 Å². The Morgan fingerprint density at radius 2 is 1.85 bits per heavy atom. The molecule has 0 spiro atoms. The van der Waals surface area contributed by atoms with Gasteiger partial charge in [0, 0.05) is 29.5 Å². The van der Waals surface area contributed by atoms with Crippen LogP contribution in [0, 0.1) is 0 Å². The Morgan fingerprint density at radius 1 is 1.15 bits per heavy atom. The highest BCUT2D eigenvalue weighted by Crippen LogP contribution is 2.34. The van der Waals surface area contributed by atoms with E-state index in [4.69, 9.17) is 4.74 Å². The molecule has 1 heterocycles. The number of carbonyl (C=O) groups excluding carboxylic acids is 1. The molecule has 1 N–H and O–H groups in total.